The zero-order chi connectivity index (χ0) is 17.8. The van der Waals surface area contributed by atoms with Crippen LogP contribution in [-0.4, -0.2) is 61.2 Å². The van der Waals surface area contributed by atoms with E-state index in [-0.39, 0.29) is 11.8 Å². The van der Waals surface area contributed by atoms with Crippen molar-refractivity contribution in [2.45, 2.75) is 0 Å². The van der Waals surface area contributed by atoms with Gasteiger partial charge in [0.1, 0.15) is 0 Å². The highest BCUT2D eigenvalue weighted by atomic mass is 32.2. The van der Waals surface area contributed by atoms with Crippen LogP contribution in [0, 0.1) is 0 Å². The molecule has 2 heterocycles. The highest BCUT2D eigenvalue weighted by molar-refractivity contribution is 7.73. The lowest BCUT2D eigenvalue weighted by molar-refractivity contribution is 0.0535. The Labute approximate surface area is 150 Å². The number of anilines is 1. The molecule has 2 aromatic rings. The standard InChI is InChI=1S/C15H16N4O4S2/c20-14(11-1-3-12(4-2-11)17-25(22)23)18-6-8-19(9-7-18)15(21)13-16-5-10-24-13/h1-5,10,25H,6-9H2,(H,17,22,23). The molecule has 0 radical (unpaired) electrons. The number of carbonyl (C=O) groups excluding carboxylic acids is 2. The van der Waals surface area contributed by atoms with Gasteiger partial charge in [0.25, 0.3) is 11.8 Å². The minimum atomic E-state index is -2.73. The fourth-order valence-corrected chi connectivity index (χ4v) is 3.51. The maximum atomic E-state index is 12.5. The van der Waals surface area contributed by atoms with Gasteiger partial charge in [-0.2, -0.15) is 0 Å². The summed E-state index contributed by atoms with van der Waals surface area (Å²) in [5, 5.41) is 2.22. The van der Waals surface area contributed by atoms with E-state index in [2.05, 4.69) is 9.71 Å². The maximum Gasteiger partial charge on any atom is 0.282 e. The SMILES string of the molecule is O=C(c1ccc(N[SH](=O)=O)cc1)N1CCN(C(=O)c2nccs2)CC1. The first-order chi connectivity index (χ1) is 12.0. The molecule has 25 heavy (non-hydrogen) atoms. The molecule has 0 atom stereocenters. The zero-order valence-corrected chi connectivity index (χ0v) is 14.8. The molecule has 1 saturated heterocycles. The third kappa shape index (κ3) is 4.15. The Morgan fingerprint density at radius 2 is 1.60 bits per heavy atom. The summed E-state index contributed by atoms with van der Waals surface area (Å²) in [6.07, 6.45) is 1.60. The first kappa shape index (κ1) is 17.4. The van der Waals surface area contributed by atoms with Gasteiger partial charge in [-0.15, -0.1) is 11.3 Å². The summed E-state index contributed by atoms with van der Waals surface area (Å²) in [5.41, 5.74) is 0.887. The molecule has 1 aromatic carbocycles. The van der Waals surface area contributed by atoms with Crippen LogP contribution in [0.25, 0.3) is 0 Å². The number of hydrogen-bond acceptors (Lipinski definition) is 6. The van der Waals surface area contributed by atoms with Gasteiger partial charge in [-0.05, 0) is 24.3 Å². The van der Waals surface area contributed by atoms with Gasteiger partial charge < -0.3 is 9.80 Å². The van der Waals surface area contributed by atoms with Gasteiger partial charge in [0, 0.05) is 49.0 Å². The van der Waals surface area contributed by atoms with Gasteiger partial charge in [-0.25, -0.2) is 13.4 Å². The van der Waals surface area contributed by atoms with Crippen LogP contribution in [-0.2, 0) is 10.9 Å². The van der Waals surface area contributed by atoms with Crippen LogP contribution in [0.3, 0.4) is 0 Å². The zero-order valence-electron chi connectivity index (χ0n) is 13.1. The number of piperazine rings is 1. The van der Waals surface area contributed by atoms with E-state index in [0.29, 0.717) is 42.4 Å². The molecule has 1 aliphatic rings. The second kappa shape index (κ2) is 7.62. The van der Waals surface area contributed by atoms with Gasteiger partial charge in [0.2, 0.25) is 10.9 Å². The monoisotopic (exact) mass is 380 g/mol. The molecule has 2 amide bonds. The highest BCUT2D eigenvalue weighted by Crippen LogP contribution is 2.15. The average Bonchev–Trinajstić information content (AvgIpc) is 3.15. The number of nitrogens with zero attached hydrogens (tertiary/aromatic N) is 3. The minimum Gasteiger partial charge on any atom is -0.335 e. The predicted molar refractivity (Wildman–Crippen MR) is 94.3 cm³/mol. The quantitative estimate of drug-likeness (QED) is 0.760. The van der Waals surface area contributed by atoms with Crippen LogP contribution in [0.2, 0.25) is 0 Å². The Balaban J connectivity index is 1.59. The Kier molecular flexibility index (Phi) is 5.29. The summed E-state index contributed by atoms with van der Waals surface area (Å²) in [6, 6.07) is 6.24. The first-order valence-corrected chi connectivity index (χ1v) is 9.59. The van der Waals surface area contributed by atoms with Crippen molar-refractivity contribution in [1.82, 2.24) is 14.8 Å². The summed E-state index contributed by atoms with van der Waals surface area (Å²) < 4.78 is 23.5. The van der Waals surface area contributed by atoms with E-state index in [1.807, 2.05) is 0 Å². The molecule has 0 bridgehead atoms. The van der Waals surface area contributed by atoms with Crippen molar-refractivity contribution in [1.29, 1.82) is 0 Å². The average molecular weight is 380 g/mol. The third-order valence-corrected chi connectivity index (χ3v) is 5.02. The lowest BCUT2D eigenvalue weighted by Gasteiger charge is -2.34. The summed E-state index contributed by atoms with van der Waals surface area (Å²) in [5.74, 6) is -0.247. The molecule has 1 fully saturated rings. The molecule has 0 unspecified atom stereocenters. The van der Waals surface area contributed by atoms with E-state index < -0.39 is 10.9 Å². The molecule has 0 aliphatic carbocycles. The number of aromatic nitrogens is 1. The fourth-order valence-electron chi connectivity index (χ4n) is 2.55. The van der Waals surface area contributed by atoms with Gasteiger partial charge in [-0.1, -0.05) is 0 Å². The molecule has 1 aliphatic heterocycles. The molecule has 0 saturated carbocycles. The van der Waals surface area contributed by atoms with Crippen molar-refractivity contribution < 1.29 is 18.0 Å². The van der Waals surface area contributed by atoms with Crippen LogP contribution in [0.5, 0.6) is 0 Å². The number of rotatable bonds is 4. The molecule has 1 N–H and O–H groups in total. The van der Waals surface area contributed by atoms with E-state index in [1.54, 1.807) is 45.6 Å². The Hall–Kier alpha value is -2.46. The normalized spacial score (nSPS) is 14.6. The largest absolute Gasteiger partial charge is 0.335 e. The number of carbonyl (C=O) groups is 2. The molecule has 10 heteroatoms. The van der Waals surface area contributed by atoms with E-state index >= 15 is 0 Å². The second-order valence-electron chi connectivity index (χ2n) is 5.37. The van der Waals surface area contributed by atoms with Crippen LogP contribution >= 0.6 is 11.3 Å². The lowest BCUT2D eigenvalue weighted by Crippen LogP contribution is -2.50. The topological polar surface area (TPSA) is 99.7 Å². The molecular weight excluding hydrogens is 364 g/mol. The van der Waals surface area contributed by atoms with E-state index in [0.717, 1.165) is 0 Å². The lowest BCUT2D eigenvalue weighted by atomic mass is 10.1. The predicted octanol–water partition coefficient (Wildman–Crippen LogP) is 0.680. The van der Waals surface area contributed by atoms with E-state index in [4.69, 9.17) is 0 Å². The van der Waals surface area contributed by atoms with Gasteiger partial charge in [0.05, 0.1) is 0 Å². The molecule has 1 aromatic heterocycles. The number of thiol groups is 1. The number of thiazole rings is 1. The third-order valence-electron chi connectivity index (χ3n) is 3.82. The number of amides is 2. The summed E-state index contributed by atoms with van der Waals surface area (Å²) in [4.78, 5) is 32.2. The van der Waals surface area contributed by atoms with E-state index in [1.165, 1.54) is 11.3 Å². The minimum absolute atomic E-state index is 0.107. The van der Waals surface area contributed by atoms with Gasteiger partial charge in [-0.3, -0.25) is 14.3 Å². The van der Waals surface area contributed by atoms with Crippen molar-refractivity contribution in [3.8, 4) is 0 Å². The number of benzene rings is 1. The number of nitrogens with one attached hydrogen (secondary N) is 1. The number of hydrogen-bond donors (Lipinski definition) is 2. The molecule has 8 nitrogen and oxygen atoms in total. The maximum absolute atomic E-state index is 12.5. The summed E-state index contributed by atoms with van der Waals surface area (Å²) >= 11 is 1.30. The first-order valence-electron chi connectivity index (χ1n) is 7.54. The molecule has 132 valence electrons. The van der Waals surface area contributed by atoms with Crippen molar-refractivity contribution in [2.75, 3.05) is 30.9 Å². The van der Waals surface area contributed by atoms with Gasteiger partial charge in [0.15, 0.2) is 5.01 Å². The van der Waals surface area contributed by atoms with Crippen LogP contribution in [0.4, 0.5) is 5.69 Å². The highest BCUT2D eigenvalue weighted by Gasteiger charge is 2.26. The molecule has 0 spiro atoms. The molecule has 3 rings (SSSR count). The fraction of sp³-hybridized carbons (Fsp3) is 0.267. The van der Waals surface area contributed by atoms with E-state index in [9.17, 15) is 18.0 Å². The van der Waals surface area contributed by atoms with Crippen molar-refractivity contribution in [2.24, 2.45) is 0 Å². The summed E-state index contributed by atoms with van der Waals surface area (Å²) in [7, 11) is -2.73. The van der Waals surface area contributed by atoms with Crippen LogP contribution in [0.1, 0.15) is 20.2 Å². The Morgan fingerprint density at radius 1 is 1.00 bits per heavy atom. The Bertz CT molecular complexity index is 818. The van der Waals surface area contributed by atoms with Crippen LogP contribution < -0.4 is 4.72 Å². The van der Waals surface area contributed by atoms with Crippen LogP contribution in [0.15, 0.2) is 35.8 Å². The second-order valence-corrected chi connectivity index (χ2v) is 7.00. The summed E-state index contributed by atoms with van der Waals surface area (Å²) in [6.45, 7) is 1.81. The van der Waals surface area contributed by atoms with Crippen molar-refractivity contribution >= 4 is 39.7 Å². The molecular formula is C15H16N4O4S2. The van der Waals surface area contributed by atoms with Crippen molar-refractivity contribution in [3.63, 3.8) is 0 Å². The smallest absolute Gasteiger partial charge is 0.282 e. The Morgan fingerprint density at radius 3 is 2.12 bits per heavy atom. The van der Waals surface area contributed by atoms with Crippen molar-refractivity contribution in [3.05, 3.63) is 46.4 Å². The van der Waals surface area contributed by atoms with Gasteiger partial charge >= 0.3 is 0 Å².